The van der Waals surface area contributed by atoms with Crippen LogP contribution in [0.15, 0.2) is 0 Å². The summed E-state index contributed by atoms with van der Waals surface area (Å²) in [5.74, 6) is 1.05. The van der Waals surface area contributed by atoms with Crippen molar-refractivity contribution in [2.24, 2.45) is 11.8 Å². The molecule has 0 radical (unpaired) electrons. The van der Waals surface area contributed by atoms with Crippen LogP contribution < -0.4 is 5.32 Å². The summed E-state index contributed by atoms with van der Waals surface area (Å²) in [7, 11) is 0. The molecule has 0 bridgehead atoms. The zero-order chi connectivity index (χ0) is 13.0. The van der Waals surface area contributed by atoms with Gasteiger partial charge >= 0.3 is 5.97 Å². The Labute approximate surface area is 112 Å². The Bertz CT molecular complexity index is 309. The van der Waals surface area contributed by atoms with E-state index in [-0.39, 0.29) is 17.7 Å². The first-order valence-corrected chi connectivity index (χ1v) is 7.95. The van der Waals surface area contributed by atoms with E-state index < -0.39 is 12.0 Å². The largest absolute Gasteiger partial charge is 0.480 e. The van der Waals surface area contributed by atoms with E-state index in [9.17, 15) is 14.7 Å². The lowest BCUT2D eigenvalue weighted by Gasteiger charge is -2.28. The second kappa shape index (κ2) is 6.45. The Balaban J connectivity index is 1.92. The maximum absolute atomic E-state index is 12.0. The van der Waals surface area contributed by atoms with Crippen molar-refractivity contribution in [2.45, 2.75) is 44.6 Å². The molecule has 1 aliphatic heterocycles. The number of rotatable bonds is 4. The lowest BCUT2D eigenvalue weighted by Crippen LogP contribution is -2.48. The van der Waals surface area contributed by atoms with Gasteiger partial charge in [-0.3, -0.25) is 4.79 Å². The van der Waals surface area contributed by atoms with Crippen LogP contribution in [-0.4, -0.2) is 34.5 Å². The fourth-order valence-corrected chi connectivity index (χ4v) is 4.08. The lowest BCUT2D eigenvalue weighted by molar-refractivity contribution is -0.144. The summed E-state index contributed by atoms with van der Waals surface area (Å²) < 4.78 is 0. The van der Waals surface area contributed by atoms with Gasteiger partial charge < -0.3 is 10.4 Å². The molecule has 2 atom stereocenters. The molecule has 1 saturated heterocycles. The Morgan fingerprint density at radius 3 is 2.44 bits per heavy atom. The number of aliphatic carboxylic acids is 1. The van der Waals surface area contributed by atoms with Crippen molar-refractivity contribution in [3.8, 4) is 0 Å². The van der Waals surface area contributed by atoms with E-state index in [1.165, 1.54) is 6.42 Å². The third-order valence-electron chi connectivity index (χ3n) is 3.99. The van der Waals surface area contributed by atoms with E-state index in [1.807, 2.05) is 0 Å². The van der Waals surface area contributed by atoms with Gasteiger partial charge in [-0.25, -0.2) is 4.79 Å². The van der Waals surface area contributed by atoms with Crippen LogP contribution in [0.25, 0.3) is 0 Å². The SMILES string of the molecule is O=C(NC(C(=O)O)C1CCCCC1)C1CCSC1. The minimum atomic E-state index is -0.874. The summed E-state index contributed by atoms with van der Waals surface area (Å²) in [6, 6.07) is -0.677. The highest BCUT2D eigenvalue weighted by atomic mass is 32.2. The van der Waals surface area contributed by atoms with Crippen LogP contribution in [0.5, 0.6) is 0 Å². The standard InChI is InChI=1S/C13H21NO3S/c15-12(10-6-7-18-8-10)14-11(13(16)17)9-4-2-1-3-5-9/h9-11H,1-8H2,(H,14,15)(H,16,17). The molecular weight excluding hydrogens is 250 g/mol. The van der Waals surface area contributed by atoms with E-state index in [0.29, 0.717) is 0 Å². The second-order valence-corrected chi connectivity index (χ2v) is 6.43. The number of carbonyl (C=O) groups is 2. The summed E-state index contributed by atoms with van der Waals surface area (Å²) in [5, 5.41) is 12.1. The molecule has 2 aliphatic rings. The minimum Gasteiger partial charge on any atom is -0.480 e. The highest BCUT2D eigenvalue weighted by Crippen LogP contribution is 2.28. The van der Waals surface area contributed by atoms with E-state index in [0.717, 1.165) is 43.6 Å². The Morgan fingerprint density at radius 2 is 1.89 bits per heavy atom. The van der Waals surface area contributed by atoms with Crippen molar-refractivity contribution >= 4 is 23.6 Å². The Kier molecular flexibility index (Phi) is 4.92. The van der Waals surface area contributed by atoms with Crippen molar-refractivity contribution < 1.29 is 14.7 Å². The third kappa shape index (κ3) is 3.40. The molecule has 0 aromatic heterocycles. The number of carboxylic acids is 1. The van der Waals surface area contributed by atoms with Crippen molar-refractivity contribution in [3.63, 3.8) is 0 Å². The summed E-state index contributed by atoms with van der Waals surface area (Å²) in [4.78, 5) is 23.3. The minimum absolute atomic E-state index is 0.0143. The lowest BCUT2D eigenvalue weighted by atomic mass is 9.83. The quantitative estimate of drug-likeness (QED) is 0.819. The van der Waals surface area contributed by atoms with Crippen LogP contribution in [0.1, 0.15) is 38.5 Å². The van der Waals surface area contributed by atoms with Crippen LogP contribution in [0, 0.1) is 11.8 Å². The van der Waals surface area contributed by atoms with Gasteiger partial charge in [0.25, 0.3) is 0 Å². The molecule has 0 spiro atoms. The smallest absolute Gasteiger partial charge is 0.326 e. The fourth-order valence-electron chi connectivity index (χ4n) is 2.86. The van der Waals surface area contributed by atoms with Crippen molar-refractivity contribution in [1.29, 1.82) is 0 Å². The average Bonchev–Trinajstić information content (AvgIpc) is 2.90. The van der Waals surface area contributed by atoms with Gasteiger partial charge in [-0.1, -0.05) is 19.3 Å². The monoisotopic (exact) mass is 271 g/mol. The van der Waals surface area contributed by atoms with Crippen LogP contribution in [-0.2, 0) is 9.59 Å². The van der Waals surface area contributed by atoms with Gasteiger partial charge in [0.15, 0.2) is 0 Å². The fraction of sp³-hybridized carbons (Fsp3) is 0.846. The molecule has 0 aromatic rings. The highest BCUT2D eigenvalue weighted by molar-refractivity contribution is 7.99. The maximum Gasteiger partial charge on any atom is 0.326 e. The Hall–Kier alpha value is -0.710. The number of amides is 1. The maximum atomic E-state index is 12.0. The highest BCUT2D eigenvalue weighted by Gasteiger charge is 2.33. The number of nitrogens with one attached hydrogen (secondary N) is 1. The molecule has 2 fully saturated rings. The van der Waals surface area contributed by atoms with Gasteiger partial charge in [0, 0.05) is 11.7 Å². The van der Waals surface area contributed by atoms with E-state index >= 15 is 0 Å². The Morgan fingerprint density at radius 1 is 1.17 bits per heavy atom. The molecule has 2 rings (SSSR count). The third-order valence-corrected chi connectivity index (χ3v) is 5.15. The summed E-state index contributed by atoms with van der Waals surface area (Å²) >= 11 is 1.77. The predicted octanol–water partition coefficient (Wildman–Crippen LogP) is 1.89. The predicted molar refractivity (Wildman–Crippen MR) is 71.6 cm³/mol. The molecule has 5 heteroatoms. The molecule has 1 amide bonds. The first-order valence-electron chi connectivity index (χ1n) is 6.79. The molecule has 4 nitrogen and oxygen atoms in total. The van der Waals surface area contributed by atoms with E-state index in [1.54, 1.807) is 11.8 Å². The van der Waals surface area contributed by atoms with Gasteiger partial charge in [-0.05, 0) is 30.9 Å². The summed E-state index contributed by atoms with van der Waals surface area (Å²) in [5.41, 5.74) is 0. The molecule has 0 aromatic carbocycles. The summed E-state index contributed by atoms with van der Waals surface area (Å²) in [6.45, 7) is 0. The first kappa shape index (κ1) is 13.7. The molecule has 1 saturated carbocycles. The molecule has 1 aliphatic carbocycles. The van der Waals surface area contributed by atoms with E-state index in [4.69, 9.17) is 0 Å². The molecule has 2 N–H and O–H groups in total. The topological polar surface area (TPSA) is 66.4 Å². The van der Waals surface area contributed by atoms with Crippen LogP contribution in [0.2, 0.25) is 0 Å². The van der Waals surface area contributed by atoms with E-state index in [2.05, 4.69) is 5.32 Å². The van der Waals surface area contributed by atoms with Crippen LogP contribution in [0.4, 0.5) is 0 Å². The molecule has 2 unspecified atom stereocenters. The van der Waals surface area contributed by atoms with Gasteiger partial charge in [0.1, 0.15) is 6.04 Å². The van der Waals surface area contributed by atoms with Crippen molar-refractivity contribution in [2.75, 3.05) is 11.5 Å². The van der Waals surface area contributed by atoms with Crippen LogP contribution in [0.3, 0.4) is 0 Å². The molecule has 1 heterocycles. The van der Waals surface area contributed by atoms with Gasteiger partial charge in [-0.15, -0.1) is 0 Å². The van der Waals surface area contributed by atoms with Gasteiger partial charge in [0.2, 0.25) is 5.91 Å². The number of carbonyl (C=O) groups excluding carboxylic acids is 1. The first-order chi connectivity index (χ1) is 8.68. The number of carboxylic acid groups (broad SMARTS) is 1. The normalized spacial score (nSPS) is 26.8. The average molecular weight is 271 g/mol. The number of hydrogen-bond acceptors (Lipinski definition) is 3. The molecule has 18 heavy (non-hydrogen) atoms. The zero-order valence-electron chi connectivity index (χ0n) is 10.6. The molecular formula is C13H21NO3S. The van der Waals surface area contributed by atoms with Crippen LogP contribution >= 0.6 is 11.8 Å². The second-order valence-electron chi connectivity index (χ2n) is 5.28. The van der Waals surface area contributed by atoms with Crippen molar-refractivity contribution in [3.05, 3.63) is 0 Å². The molecule has 102 valence electrons. The number of thioether (sulfide) groups is 1. The van der Waals surface area contributed by atoms with Gasteiger partial charge in [0.05, 0.1) is 0 Å². The summed E-state index contributed by atoms with van der Waals surface area (Å²) in [6.07, 6.45) is 6.10. The van der Waals surface area contributed by atoms with Crippen molar-refractivity contribution in [1.82, 2.24) is 5.32 Å². The number of hydrogen-bond donors (Lipinski definition) is 2. The van der Waals surface area contributed by atoms with Gasteiger partial charge in [-0.2, -0.15) is 11.8 Å². The zero-order valence-corrected chi connectivity index (χ0v) is 11.4.